The van der Waals surface area contributed by atoms with E-state index in [0.717, 1.165) is 37.2 Å². The minimum atomic E-state index is -0.700. The molecule has 1 aliphatic heterocycles. The average Bonchev–Trinajstić information content (AvgIpc) is 3.21. The van der Waals surface area contributed by atoms with Crippen molar-refractivity contribution in [2.45, 2.75) is 44.6 Å². The van der Waals surface area contributed by atoms with Gasteiger partial charge in [-0.05, 0) is 60.6 Å². The molecule has 2 aliphatic rings. The van der Waals surface area contributed by atoms with Crippen LogP contribution in [0.15, 0.2) is 36.4 Å². The number of hydrogen-bond donors (Lipinski definition) is 2. The third-order valence-corrected chi connectivity index (χ3v) is 5.00. The molecule has 0 saturated carbocycles. The molecule has 0 fully saturated rings. The van der Waals surface area contributed by atoms with Gasteiger partial charge in [0, 0.05) is 18.0 Å². The summed E-state index contributed by atoms with van der Waals surface area (Å²) in [7, 11) is 0. The number of benzene rings is 2. The van der Waals surface area contributed by atoms with Gasteiger partial charge in [-0.3, -0.25) is 4.79 Å². The molecule has 1 heterocycles. The van der Waals surface area contributed by atoms with Crippen molar-refractivity contribution in [2.75, 3.05) is 6.61 Å². The first-order chi connectivity index (χ1) is 12.5. The van der Waals surface area contributed by atoms with Gasteiger partial charge >= 0.3 is 5.97 Å². The molecule has 0 amide bonds. The Morgan fingerprint density at radius 3 is 2.65 bits per heavy atom. The Labute approximate surface area is 152 Å². The zero-order valence-electron chi connectivity index (χ0n) is 14.9. The molecule has 2 aromatic rings. The number of aryl methyl sites for hydroxylation is 1. The molecule has 138 valence electrons. The molecule has 4 rings (SSSR count). The van der Waals surface area contributed by atoms with Crippen molar-refractivity contribution in [3.05, 3.63) is 64.5 Å². The van der Waals surface area contributed by atoms with Crippen molar-refractivity contribution in [1.29, 1.82) is 0 Å². The zero-order valence-corrected chi connectivity index (χ0v) is 14.9. The summed E-state index contributed by atoms with van der Waals surface area (Å²) >= 11 is 0. The van der Waals surface area contributed by atoms with E-state index in [1.807, 2.05) is 13.0 Å². The van der Waals surface area contributed by atoms with Gasteiger partial charge in [0.2, 0.25) is 0 Å². The Balaban J connectivity index is 0.000000170. The third-order valence-electron chi connectivity index (χ3n) is 5.00. The van der Waals surface area contributed by atoms with Crippen LogP contribution < -0.4 is 10.5 Å². The van der Waals surface area contributed by atoms with Crippen LogP contribution in [0, 0.1) is 5.82 Å². The van der Waals surface area contributed by atoms with Gasteiger partial charge in [0.05, 0.1) is 13.0 Å². The lowest BCUT2D eigenvalue weighted by Crippen LogP contribution is -2.05. The van der Waals surface area contributed by atoms with Crippen LogP contribution in [0.5, 0.6) is 5.75 Å². The maximum atomic E-state index is 12.3. The molecule has 2 aromatic carbocycles. The Hall–Kier alpha value is -2.40. The van der Waals surface area contributed by atoms with E-state index in [1.165, 1.54) is 28.8 Å². The standard InChI is InChI=1S/C13H14O3.C8H10FN/c14-12(15)7-9-2-1-8-3-4-11-10(13(8)9)5-6-16-11;1-6(10)7-2-4-8(9)5-3-7/h3-4,9H,1-2,5-7H2,(H,14,15);2-6H,10H2,1H3/t9-;6-/m00/s1. The van der Waals surface area contributed by atoms with Gasteiger partial charge in [0.1, 0.15) is 11.6 Å². The molecular weight excluding hydrogens is 333 g/mol. The van der Waals surface area contributed by atoms with Crippen molar-refractivity contribution in [3.8, 4) is 5.75 Å². The molecule has 0 saturated heterocycles. The van der Waals surface area contributed by atoms with Gasteiger partial charge < -0.3 is 15.6 Å². The number of hydrogen-bond acceptors (Lipinski definition) is 3. The minimum Gasteiger partial charge on any atom is -0.493 e. The van der Waals surface area contributed by atoms with Crippen molar-refractivity contribution in [3.63, 3.8) is 0 Å². The number of carboxylic acids is 1. The molecule has 4 nitrogen and oxygen atoms in total. The monoisotopic (exact) mass is 357 g/mol. The van der Waals surface area contributed by atoms with E-state index in [9.17, 15) is 9.18 Å². The van der Waals surface area contributed by atoms with Gasteiger partial charge in [-0.15, -0.1) is 0 Å². The normalized spacial score (nSPS) is 18.2. The van der Waals surface area contributed by atoms with Gasteiger partial charge in [-0.2, -0.15) is 0 Å². The molecule has 26 heavy (non-hydrogen) atoms. The predicted octanol–water partition coefficient (Wildman–Crippen LogP) is 3.97. The van der Waals surface area contributed by atoms with Gasteiger partial charge in [-0.25, -0.2) is 4.39 Å². The predicted molar refractivity (Wildman–Crippen MR) is 98.0 cm³/mol. The largest absolute Gasteiger partial charge is 0.493 e. The first kappa shape index (κ1) is 18.4. The number of aliphatic carboxylic acids is 1. The van der Waals surface area contributed by atoms with Gasteiger partial charge in [0.15, 0.2) is 0 Å². The zero-order chi connectivity index (χ0) is 18.7. The van der Waals surface area contributed by atoms with Crippen LogP contribution in [0.25, 0.3) is 0 Å². The molecule has 1 aliphatic carbocycles. The van der Waals surface area contributed by atoms with E-state index in [2.05, 4.69) is 6.07 Å². The van der Waals surface area contributed by atoms with Crippen molar-refractivity contribution in [2.24, 2.45) is 5.73 Å². The Bertz CT molecular complexity index is 787. The quantitative estimate of drug-likeness (QED) is 0.872. The number of carboxylic acid groups (broad SMARTS) is 1. The maximum absolute atomic E-state index is 12.3. The highest BCUT2D eigenvalue weighted by Gasteiger charge is 2.30. The van der Waals surface area contributed by atoms with Crippen molar-refractivity contribution < 1.29 is 19.0 Å². The summed E-state index contributed by atoms with van der Waals surface area (Å²) in [4.78, 5) is 10.8. The third kappa shape index (κ3) is 4.05. The number of rotatable bonds is 3. The number of carbonyl (C=O) groups is 1. The molecule has 0 radical (unpaired) electrons. The van der Waals surface area contributed by atoms with E-state index >= 15 is 0 Å². The molecule has 2 atom stereocenters. The fraction of sp³-hybridized carbons (Fsp3) is 0.381. The van der Waals surface area contributed by atoms with Crippen LogP contribution in [0.3, 0.4) is 0 Å². The molecule has 0 aromatic heterocycles. The Morgan fingerprint density at radius 1 is 1.27 bits per heavy atom. The molecule has 0 bridgehead atoms. The van der Waals surface area contributed by atoms with Crippen molar-refractivity contribution >= 4 is 5.97 Å². The summed E-state index contributed by atoms with van der Waals surface area (Å²) in [6, 6.07) is 10.3. The highest BCUT2D eigenvalue weighted by molar-refractivity contribution is 5.69. The number of ether oxygens (including phenoxy) is 1. The highest BCUT2D eigenvalue weighted by Crippen LogP contribution is 2.43. The molecule has 3 N–H and O–H groups in total. The van der Waals surface area contributed by atoms with Crippen LogP contribution in [0.4, 0.5) is 4.39 Å². The lowest BCUT2D eigenvalue weighted by molar-refractivity contribution is -0.137. The second-order valence-electron chi connectivity index (χ2n) is 6.89. The van der Waals surface area contributed by atoms with Gasteiger partial charge in [-0.1, -0.05) is 18.2 Å². The van der Waals surface area contributed by atoms with E-state index in [0.29, 0.717) is 0 Å². The first-order valence-electron chi connectivity index (χ1n) is 8.96. The Morgan fingerprint density at radius 2 is 2.00 bits per heavy atom. The highest BCUT2D eigenvalue weighted by atomic mass is 19.1. The van der Waals surface area contributed by atoms with Crippen LogP contribution in [0.1, 0.15) is 54.0 Å². The summed E-state index contributed by atoms with van der Waals surface area (Å²) in [6.07, 6.45) is 3.18. The van der Waals surface area contributed by atoms with Gasteiger partial charge in [0.25, 0.3) is 0 Å². The SMILES string of the molecule is C[C@H](N)c1ccc(F)cc1.O=C(O)C[C@@H]1CCc2ccc3c(c21)CCO3. The summed E-state index contributed by atoms with van der Waals surface area (Å²) in [5.74, 6) is 0.249. The topological polar surface area (TPSA) is 72.6 Å². The van der Waals surface area contributed by atoms with E-state index in [4.69, 9.17) is 15.6 Å². The fourth-order valence-corrected chi connectivity index (χ4v) is 3.73. The summed E-state index contributed by atoms with van der Waals surface area (Å²) in [5, 5.41) is 8.92. The lowest BCUT2D eigenvalue weighted by Gasteiger charge is -2.12. The molecular formula is C21H24FNO3. The summed E-state index contributed by atoms with van der Waals surface area (Å²) in [5.41, 5.74) is 10.4. The van der Waals surface area contributed by atoms with E-state index in [1.54, 1.807) is 12.1 Å². The molecule has 0 spiro atoms. The maximum Gasteiger partial charge on any atom is 0.303 e. The average molecular weight is 357 g/mol. The Kier molecular flexibility index (Phi) is 5.57. The minimum absolute atomic E-state index is 0.0133. The number of nitrogens with two attached hydrogens (primary N) is 1. The number of fused-ring (bicyclic) bond motifs is 3. The fourth-order valence-electron chi connectivity index (χ4n) is 3.73. The van der Waals surface area contributed by atoms with Crippen LogP contribution in [-0.4, -0.2) is 17.7 Å². The van der Waals surface area contributed by atoms with Crippen LogP contribution in [-0.2, 0) is 17.6 Å². The smallest absolute Gasteiger partial charge is 0.303 e. The molecule has 5 heteroatoms. The van der Waals surface area contributed by atoms with E-state index < -0.39 is 5.97 Å². The van der Waals surface area contributed by atoms with Crippen LogP contribution >= 0.6 is 0 Å². The second-order valence-corrected chi connectivity index (χ2v) is 6.89. The van der Waals surface area contributed by atoms with E-state index in [-0.39, 0.29) is 24.2 Å². The first-order valence-corrected chi connectivity index (χ1v) is 8.96. The van der Waals surface area contributed by atoms with Crippen LogP contribution in [0.2, 0.25) is 0 Å². The summed E-state index contributed by atoms with van der Waals surface area (Å²) < 4.78 is 17.8. The number of halogens is 1. The molecule has 0 unspecified atom stereocenters. The van der Waals surface area contributed by atoms with Crippen molar-refractivity contribution in [1.82, 2.24) is 0 Å². The lowest BCUT2D eigenvalue weighted by atomic mass is 9.92. The second kappa shape index (κ2) is 7.87. The summed E-state index contributed by atoms with van der Waals surface area (Å²) in [6.45, 7) is 2.61.